The predicted octanol–water partition coefficient (Wildman–Crippen LogP) is 5.96. The van der Waals surface area contributed by atoms with Gasteiger partial charge in [0, 0.05) is 86.6 Å². The SMILES string of the molecule is C=CC(=O)N1[C@H](C)CN(c2nc(=O)n3c4c(c(N5CCC(F)(F)CC5)c(C(F)(F)F)cc24)SC[C@@H](n2ccc4cccnc42)C3)C[C@@H]1C. The largest absolute Gasteiger partial charge is 0.418 e. The summed E-state index contributed by atoms with van der Waals surface area (Å²) in [4.78, 5) is 40.6. The van der Waals surface area contributed by atoms with Crippen molar-refractivity contribution in [2.45, 2.75) is 68.4 Å². The van der Waals surface area contributed by atoms with Gasteiger partial charge >= 0.3 is 11.9 Å². The number of pyridine rings is 1. The molecule has 3 atom stereocenters. The zero-order valence-corrected chi connectivity index (χ0v) is 27.2. The number of rotatable bonds is 4. The van der Waals surface area contributed by atoms with E-state index in [0.717, 1.165) is 11.5 Å². The van der Waals surface area contributed by atoms with Crippen LogP contribution in [0.4, 0.5) is 33.5 Å². The van der Waals surface area contributed by atoms with E-state index in [1.165, 1.54) is 27.3 Å². The molecular weight excluding hydrogens is 653 g/mol. The molecule has 48 heavy (non-hydrogen) atoms. The van der Waals surface area contributed by atoms with E-state index in [-0.39, 0.29) is 78.5 Å². The first-order chi connectivity index (χ1) is 22.8. The van der Waals surface area contributed by atoms with E-state index in [0.29, 0.717) is 16.9 Å². The highest BCUT2D eigenvalue weighted by molar-refractivity contribution is 7.99. The molecule has 0 saturated carbocycles. The van der Waals surface area contributed by atoms with Gasteiger partial charge in [-0.1, -0.05) is 6.58 Å². The molecule has 15 heteroatoms. The number of piperidine rings is 1. The van der Waals surface area contributed by atoms with Crippen LogP contribution in [-0.4, -0.2) is 79.8 Å². The van der Waals surface area contributed by atoms with Crippen LogP contribution in [0.25, 0.3) is 21.9 Å². The third-order valence-corrected chi connectivity index (χ3v) is 10.8. The van der Waals surface area contributed by atoms with Crippen LogP contribution in [-0.2, 0) is 17.5 Å². The number of piperazine rings is 1. The number of thioether (sulfide) groups is 1. The summed E-state index contributed by atoms with van der Waals surface area (Å²) in [6.45, 7) is 7.28. The lowest BCUT2D eigenvalue weighted by Gasteiger charge is -2.44. The molecule has 0 radical (unpaired) electrons. The van der Waals surface area contributed by atoms with E-state index >= 15 is 13.2 Å². The molecule has 254 valence electrons. The zero-order chi connectivity index (χ0) is 34.1. The number of anilines is 2. The molecule has 3 aliphatic heterocycles. The predicted molar refractivity (Wildman–Crippen MR) is 175 cm³/mol. The van der Waals surface area contributed by atoms with Gasteiger partial charge in [0.15, 0.2) is 0 Å². The smallest absolute Gasteiger partial charge is 0.370 e. The summed E-state index contributed by atoms with van der Waals surface area (Å²) in [5.74, 6) is -2.84. The molecule has 1 aromatic carbocycles. The monoisotopic (exact) mass is 687 g/mol. The molecule has 7 rings (SSSR count). The fourth-order valence-corrected chi connectivity index (χ4v) is 8.80. The van der Waals surface area contributed by atoms with Crippen LogP contribution in [0, 0.1) is 0 Å². The second-order valence-corrected chi connectivity index (χ2v) is 13.9. The van der Waals surface area contributed by atoms with Crippen molar-refractivity contribution in [2.24, 2.45) is 0 Å². The van der Waals surface area contributed by atoms with Gasteiger partial charge < -0.3 is 19.3 Å². The molecule has 0 spiro atoms. The summed E-state index contributed by atoms with van der Waals surface area (Å²) < 4.78 is 77.2. The number of carbonyl (C=O) groups is 1. The highest BCUT2D eigenvalue weighted by Crippen LogP contribution is 2.50. The van der Waals surface area contributed by atoms with Crippen molar-refractivity contribution in [1.29, 1.82) is 0 Å². The lowest BCUT2D eigenvalue weighted by atomic mass is 10.0. The topological polar surface area (TPSA) is 79.5 Å². The molecule has 9 nitrogen and oxygen atoms in total. The maximum atomic E-state index is 15.1. The summed E-state index contributed by atoms with van der Waals surface area (Å²) in [6.07, 6.45) is -1.25. The van der Waals surface area contributed by atoms with Crippen molar-refractivity contribution in [1.82, 2.24) is 24.0 Å². The van der Waals surface area contributed by atoms with Gasteiger partial charge in [0.25, 0.3) is 5.92 Å². The second kappa shape index (κ2) is 11.8. The van der Waals surface area contributed by atoms with Gasteiger partial charge in [-0.05, 0) is 44.2 Å². The Bertz CT molecular complexity index is 1970. The van der Waals surface area contributed by atoms with Crippen LogP contribution in [0.3, 0.4) is 0 Å². The van der Waals surface area contributed by atoms with Crippen LogP contribution < -0.4 is 15.5 Å². The van der Waals surface area contributed by atoms with E-state index < -0.39 is 36.2 Å². The fourth-order valence-electron chi connectivity index (χ4n) is 7.45. The number of hydrogen-bond donors (Lipinski definition) is 0. The Morgan fingerprint density at radius 1 is 1.08 bits per heavy atom. The van der Waals surface area contributed by atoms with Gasteiger partial charge in [-0.25, -0.2) is 18.6 Å². The Morgan fingerprint density at radius 3 is 2.46 bits per heavy atom. The molecule has 3 aromatic heterocycles. The molecule has 0 aliphatic carbocycles. The standard InChI is InChI=1S/C33H34F5N7O2S/c1-4-25(46)45-19(2)15-42(16-20(45)3)30-23-14-24(33(36,37)38)27(41-12-8-32(34,35)9-13-41)28-26(23)44(31(47)40-30)17-22(18-48-28)43-11-7-21-6-5-10-39-29(21)43/h4-7,10-11,14,19-20,22H,1,8-9,12-13,15-18H2,2-3H3/t19-,20+,22-/m0/s1. The van der Waals surface area contributed by atoms with E-state index in [1.54, 1.807) is 16.0 Å². The molecule has 0 bridgehead atoms. The zero-order valence-electron chi connectivity index (χ0n) is 26.4. The number of amides is 1. The minimum absolute atomic E-state index is 0.103. The quantitative estimate of drug-likeness (QED) is 0.194. The first-order valence-corrected chi connectivity index (χ1v) is 16.8. The summed E-state index contributed by atoms with van der Waals surface area (Å²) in [6, 6.07) is 5.56. The van der Waals surface area contributed by atoms with Crippen LogP contribution in [0.2, 0.25) is 0 Å². The first-order valence-electron chi connectivity index (χ1n) is 15.8. The lowest BCUT2D eigenvalue weighted by molar-refractivity contribution is -0.137. The lowest BCUT2D eigenvalue weighted by Crippen LogP contribution is -2.58. The van der Waals surface area contributed by atoms with Crippen LogP contribution in [0.15, 0.2) is 59.0 Å². The molecule has 1 amide bonds. The normalized spacial score (nSPS) is 23.1. The third-order valence-electron chi connectivity index (χ3n) is 9.62. The Kier molecular flexibility index (Phi) is 7.95. The fraction of sp³-hybridized carbons (Fsp3) is 0.455. The van der Waals surface area contributed by atoms with E-state index in [4.69, 9.17) is 0 Å². The van der Waals surface area contributed by atoms with Gasteiger partial charge in [0.2, 0.25) is 5.91 Å². The molecule has 2 fully saturated rings. The van der Waals surface area contributed by atoms with Gasteiger partial charge in [0.1, 0.15) is 11.5 Å². The number of carbonyl (C=O) groups excluding carboxylic acids is 1. The molecule has 6 heterocycles. The van der Waals surface area contributed by atoms with Crippen molar-refractivity contribution in [3.8, 4) is 0 Å². The molecular formula is C33H34F5N7O2S. The van der Waals surface area contributed by atoms with Crippen molar-refractivity contribution in [2.75, 3.05) is 41.7 Å². The van der Waals surface area contributed by atoms with Crippen LogP contribution >= 0.6 is 11.8 Å². The average molecular weight is 688 g/mol. The van der Waals surface area contributed by atoms with Crippen molar-refractivity contribution < 1.29 is 26.7 Å². The Labute approximate surface area is 277 Å². The van der Waals surface area contributed by atoms with E-state index in [2.05, 4.69) is 16.5 Å². The number of nitrogens with zero attached hydrogens (tertiary/aromatic N) is 7. The second-order valence-electron chi connectivity index (χ2n) is 12.8. The molecule has 4 aromatic rings. The van der Waals surface area contributed by atoms with Crippen LogP contribution in [0.5, 0.6) is 0 Å². The van der Waals surface area contributed by atoms with Crippen molar-refractivity contribution >= 4 is 51.1 Å². The number of hydrogen-bond acceptors (Lipinski definition) is 7. The highest BCUT2D eigenvalue weighted by Gasteiger charge is 2.43. The number of halogens is 5. The molecule has 0 unspecified atom stereocenters. The molecule has 0 N–H and O–H groups in total. The van der Waals surface area contributed by atoms with Crippen molar-refractivity contribution in [3.63, 3.8) is 0 Å². The minimum Gasteiger partial charge on any atom is -0.370 e. The maximum Gasteiger partial charge on any atom is 0.418 e. The average Bonchev–Trinajstić information content (AvgIpc) is 3.36. The summed E-state index contributed by atoms with van der Waals surface area (Å²) >= 11 is 1.19. The number of aromatic nitrogens is 4. The first kappa shape index (κ1) is 32.4. The van der Waals surface area contributed by atoms with Gasteiger partial charge in [-0.3, -0.25) is 9.36 Å². The Balaban J connectivity index is 1.44. The van der Waals surface area contributed by atoms with Crippen molar-refractivity contribution in [3.05, 3.63) is 65.4 Å². The van der Waals surface area contributed by atoms with Gasteiger partial charge in [0.05, 0.1) is 27.7 Å². The Hall–Kier alpha value is -4.14. The van der Waals surface area contributed by atoms with Gasteiger partial charge in [-0.2, -0.15) is 18.2 Å². The maximum absolute atomic E-state index is 15.1. The minimum atomic E-state index is -4.83. The summed E-state index contributed by atoms with van der Waals surface area (Å²) in [7, 11) is 0. The Morgan fingerprint density at radius 2 is 1.79 bits per heavy atom. The molecule has 2 saturated heterocycles. The number of fused-ring (bicyclic) bond motifs is 1. The van der Waals surface area contributed by atoms with E-state index in [1.807, 2.05) is 42.8 Å². The number of alkyl halides is 5. The number of benzene rings is 1. The summed E-state index contributed by atoms with van der Waals surface area (Å²) in [5.41, 5.74) is -0.792. The third kappa shape index (κ3) is 5.49. The van der Waals surface area contributed by atoms with E-state index in [9.17, 15) is 18.4 Å². The highest BCUT2D eigenvalue weighted by atomic mass is 32.2. The molecule has 3 aliphatic rings. The summed E-state index contributed by atoms with van der Waals surface area (Å²) in [5, 5.41) is 1.02. The van der Waals surface area contributed by atoms with Gasteiger partial charge in [-0.15, -0.1) is 11.8 Å². The van der Waals surface area contributed by atoms with Crippen LogP contribution in [0.1, 0.15) is 38.3 Å².